The van der Waals surface area contributed by atoms with Gasteiger partial charge in [-0.25, -0.2) is 9.78 Å². The summed E-state index contributed by atoms with van der Waals surface area (Å²) in [4.78, 5) is 27.3. The van der Waals surface area contributed by atoms with Gasteiger partial charge >= 0.3 is 12.1 Å². The topological polar surface area (TPSA) is 139 Å². The average Bonchev–Trinajstić information content (AvgIpc) is 3.34. The third-order valence-electron chi connectivity index (χ3n) is 4.12. The fourth-order valence-corrected chi connectivity index (χ4v) is 3.74. The Morgan fingerprint density at radius 1 is 1.13 bits per heavy atom. The van der Waals surface area contributed by atoms with Crippen molar-refractivity contribution >= 4 is 44.7 Å². The van der Waals surface area contributed by atoms with Gasteiger partial charge in [-0.15, -0.1) is 5.10 Å². The van der Waals surface area contributed by atoms with Crippen molar-refractivity contribution < 1.29 is 23.8 Å². The first kappa shape index (κ1) is 20.3. The summed E-state index contributed by atoms with van der Waals surface area (Å²) in [5.41, 5.74) is 2.09. The van der Waals surface area contributed by atoms with Crippen molar-refractivity contribution in [3.05, 3.63) is 48.0 Å². The number of amides is 2. The first-order valence-electron chi connectivity index (χ1n) is 9.26. The Morgan fingerprint density at radius 3 is 2.68 bits per heavy atom. The number of carbonyl (C=O) groups excluding carboxylic acids is 1. The summed E-state index contributed by atoms with van der Waals surface area (Å²) < 4.78 is 11.7. The zero-order valence-corrected chi connectivity index (χ0v) is 17.1. The Kier molecular flexibility index (Phi) is 5.76. The number of aromatic nitrogens is 3. The summed E-state index contributed by atoms with van der Waals surface area (Å²) >= 11 is 1.19. The molecule has 2 amide bonds. The number of fused-ring (bicyclic) bond motifs is 1. The maximum absolute atomic E-state index is 12.4. The Hall–Kier alpha value is -3.99. The molecular weight excluding hydrogens is 422 g/mol. The largest absolute Gasteiger partial charge is 0.494 e. The maximum atomic E-state index is 12.4. The molecule has 0 saturated heterocycles. The van der Waals surface area contributed by atoms with E-state index in [1.54, 1.807) is 42.5 Å². The molecule has 0 aliphatic carbocycles. The van der Waals surface area contributed by atoms with Gasteiger partial charge in [0.05, 0.1) is 23.2 Å². The first-order valence-corrected chi connectivity index (χ1v) is 10.1. The molecule has 2 aromatic carbocycles. The van der Waals surface area contributed by atoms with Gasteiger partial charge in [-0.05, 0) is 48.9 Å². The predicted molar refractivity (Wildman–Crippen MR) is 115 cm³/mol. The van der Waals surface area contributed by atoms with Crippen LogP contribution in [0.1, 0.15) is 12.5 Å². The third-order valence-corrected chi connectivity index (χ3v) is 5.05. The van der Waals surface area contributed by atoms with Gasteiger partial charge in [0.15, 0.2) is 5.13 Å². The Labute approximate surface area is 179 Å². The summed E-state index contributed by atoms with van der Waals surface area (Å²) in [5, 5.41) is 21.7. The van der Waals surface area contributed by atoms with Crippen LogP contribution in [0.3, 0.4) is 0 Å². The van der Waals surface area contributed by atoms with E-state index in [9.17, 15) is 9.59 Å². The molecule has 0 aliphatic rings. The fourth-order valence-electron chi connectivity index (χ4n) is 2.82. The number of thiazole rings is 1. The van der Waals surface area contributed by atoms with Crippen LogP contribution in [0.2, 0.25) is 0 Å². The molecule has 4 aromatic rings. The number of ether oxygens (including phenoxy) is 1. The van der Waals surface area contributed by atoms with Gasteiger partial charge in [-0.3, -0.25) is 15.4 Å². The highest BCUT2D eigenvalue weighted by molar-refractivity contribution is 7.22. The highest BCUT2D eigenvalue weighted by Crippen LogP contribution is 2.27. The smallest absolute Gasteiger partial charge is 0.410 e. The molecule has 0 bridgehead atoms. The van der Waals surface area contributed by atoms with Crippen molar-refractivity contribution in [3.63, 3.8) is 0 Å². The number of nitrogens with zero attached hydrogens (tertiary/aromatic N) is 3. The zero-order chi connectivity index (χ0) is 21.8. The van der Waals surface area contributed by atoms with E-state index in [2.05, 4.69) is 25.8 Å². The second-order valence-electron chi connectivity index (χ2n) is 6.35. The molecule has 0 aliphatic heterocycles. The van der Waals surface area contributed by atoms with Crippen molar-refractivity contribution in [2.24, 2.45) is 0 Å². The Balaban J connectivity index is 1.40. The van der Waals surface area contributed by atoms with Crippen molar-refractivity contribution in [2.75, 3.05) is 17.2 Å². The molecule has 0 radical (unpaired) electrons. The minimum atomic E-state index is -1.18. The van der Waals surface area contributed by atoms with Gasteiger partial charge in [0.1, 0.15) is 5.75 Å². The van der Waals surface area contributed by atoms with E-state index in [1.165, 1.54) is 11.3 Å². The minimum Gasteiger partial charge on any atom is -0.494 e. The van der Waals surface area contributed by atoms with E-state index < -0.39 is 6.09 Å². The van der Waals surface area contributed by atoms with Crippen molar-refractivity contribution in [2.45, 2.75) is 13.3 Å². The molecule has 0 spiro atoms. The molecule has 10 nitrogen and oxygen atoms in total. The normalized spacial score (nSPS) is 10.7. The lowest BCUT2D eigenvalue weighted by atomic mass is 10.1. The quantitative estimate of drug-likeness (QED) is 0.392. The molecule has 0 fully saturated rings. The van der Waals surface area contributed by atoms with Gasteiger partial charge in [0.2, 0.25) is 11.8 Å². The first-order chi connectivity index (χ1) is 15.0. The standard InChI is InChI=1S/C20H17N5O5S/c1-2-29-13-6-4-12(5-7-13)17-24-25-18(30-17)22-16(26)10-11-3-8-14-15(9-11)31-19(21-14)23-20(27)28/h3-9H,2,10H2,1H3,(H,21,23)(H,27,28)(H,22,25,26). The van der Waals surface area contributed by atoms with E-state index >= 15 is 0 Å². The predicted octanol–water partition coefficient (Wildman–Crippen LogP) is 4.02. The number of anilines is 2. The van der Waals surface area contributed by atoms with Gasteiger partial charge in [0.25, 0.3) is 0 Å². The van der Waals surface area contributed by atoms with E-state index in [0.29, 0.717) is 17.7 Å². The van der Waals surface area contributed by atoms with Gasteiger partial charge < -0.3 is 14.3 Å². The lowest BCUT2D eigenvalue weighted by Gasteiger charge is -2.02. The SMILES string of the molecule is CCOc1ccc(-c2nnc(NC(=O)Cc3ccc4nc(NC(=O)O)sc4c3)o2)cc1. The number of carboxylic acid groups (broad SMARTS) is 1. The molecular formula is C20H17N5O5S. The van der Waals surface area contributed by atoms with E-state index in [-0.39, 0.29) is 29.4 Å². The second-order valence-corrected chi connectivity index (χ2v) is 7.38. The lowest BCUT2D eigenvalue weighted by Crippen LogP contribution is -2.14. The summed E-state index contributed by atoms with van der Waals surface area (Å²) in [6.45, 7) is 2.48. The Bertz CT molecular complexity index is 1230. The van der Waals surface area contributed by atoms with Gasteiger partial charge in [-0.1, -0.05) is 22.5 Å². The highest BCUT2D eigenvalue weighted by Gasteiger charge is 2.13. The van der Waals surface area contributed by atoms with Crippen LogP contribution in [0.25, 0.3) is 21.7 Å². The molecule has 2 aromatic heterocycles. The van der Waals surface area contributed by atoms with Gasteiger partial charge in [0, 0.05) is 5.56 Å². The molecule has 3 N–H and O–H groups in total. The monoisotopic (exact) mass is 439 g/mol. The van der Waals surface area contributed by atoms with Crippen LogP contribution in [0, 0.1) is 0 Å². The van der Waals surface area contributed by atoms with Crippen LogP contribution in [0.15, 0.2) is 46.9 Å². The van der Waals surface area contributed by atoms with Crippen LogP contribution >= 0.6 is 11.3 Å². The van der Waals surface area contributed by atoms with Crippen LogP contribution in [-0.4, -0.2) is 38.9 Å². The van der Waals surface area contributed by atoms with Crippen LogP contribution in [-0.2, 0) is 11.2 Å². The van der Waals surface area contributed by atoms with Crippen molar-refractivity contribution in [1.29, 1.82) is 0 Å². The molecule has 0 unspecified atom stereocenters. The average molecular weight is 439 g/mol. The number of carbonyl (C=O) groups is 2. The molecule has 158 valence electrons. The van der Waals surface area contributed by atoms with Crippen LogP contribution < -0.4 is 15.4 Å². The molecule has 2 heterocycles. The van der Waals surface area contributed by atoms with E-state index in [1.807, 2.05) is 6.92 Å². The van der Waals surface area contributed by atoms with Crippen LogP contribution in [0.4, 0.5) is 15.9 Å². The number of benzene rings is 2. The van der Waals surface area contributed by atoms with E-state index in [0.717, 1.165) is 16.0 Å². The minimum absolute atomic E-state index is 0.000646. The molecule has 0 atom stereocenters. The van der Waals surface area contributed by atoms with Crippen molar-refractivity contribution in [3.8, 4) is 17.2 Å². The highest BCUT2D eigenvalue weighted by atomic mass is 32.1. The number of hydrogen-bond acceptors (Lipinski definition) is 8. The fraction of sp³-hybridized carbons (Fsp3) is 0.150. The maximum Gasteiger partial charge on any atom is 0.410 e. The molecule has 11 heteroatoms. The zero-order valence-electron chi connectivity index (χ0n) is 16.3. The van der Waals surface area contributed by atoms with Gasteiger partial charge in [-0.2, -0.15) is 0 Å². The third kappa shape index (κ3) is 4.95. The number of nitrogens with one attached hydrogen (secondary N) is 2. The van der Waals surface area contributed by atoms with Crippen LogP contribution in [0.5, 0.6) is 5.75 Å². The number of rotatable bonds is 7. The van der Waals surface area contributed by atoms with E-state index in [4.69, 9.17) is 14.3 Å². The summed E-state index contributed by atoms with van der Waals surface area (Å²) in [6, 6.07) is 12.5. The molecule has 4 rings (SSSR count). The second kappa shape index (κ2) is 8.79. The Morgan fingerprint density at radius 2 is 1.94 bits per heavy atom. The molecule has 31 heavy (non-hydrogen) atoms. The molecule has 0 saturated carbocycles. The van der Waals surface area contributed by atoms with Crippen molar-refractivity contribution in [1.82, 2.24) is 15.2 Å². The number of hydrogen-bond donors (Lipinski definition) is 3. The summed E-state index contributed by atoms with van der Waals surface area (Å²) in [6.07, 6.45) is -1.10. The summed E-state index contributed by atoms with van der Waals surface area (Å²) in [7, 11) is 0. The summed E-state index contributed by atoms with van der Waals surface area (Å²) in [5.74, 6) is 0.695. The lowest BCUT2D eigenvalue weighted by molar-refractivity contribution is -0.115.